The monoisotopic (exact) mass is 559 g/mol. The first kappa shape index (κ1) is 23.3. The van der Waals surface area contributed by atoms with Crippen molar-refractivity contribution in [1.82, 2.24) is 18.9 Å². The lowest BCUT2D eigenvalue weighted by atomic mass is 10.1. The van der Waals surface area contributed by atoms with Crippen molar-refractivity contribution in [3.05, 3.63) is 81.9 Å². The molecular weight excluding hydrogens is 538 g/mol. The first-order valence-corrected chi connectivity index (χ1v) is 13.8. The minimum atomic E-state index is -3.35. The number of nitrogens with zero attached hydrogens (tertiary/aromatic N) is 4. The van der Waals surface area contributed by atoms with E-state index in [9.17, 15) is 8.42 Å². The minimum absolute atomic E-state index is 0.0272. The topological polar surface area (TPSA) is 79.6 Å². The van der Waals surface area contributed by atoms with Crippen molar-refractivity contribution in [3.63, 3.8) is 0 Å². The maximum absolute atomic E-state index is 12.9. The standard InChI is InChI=1S/C24H23BrClN5O2S/c25-20-15-27-31-23(14-22(29-24(20)31)19-8-4-5-9-21(19)26)28-18-10-12-30(13-11-18)34(32,33)16-17-6-2-1-3-7-17/h1-9,14-15,18,28H,10-13,16H2. The van der Waals surface area contributed by atoms with Crippen LogP contribution in [0.25, 0.3) is 16.9 Å². The Morgan fingerprint density at radius 3 is 2.50 bits per heavy atom. The largest absolute Gasteiger partial charge is 0.367 e. The van der Waals surface area contributed by atoms with Gasteiger partial charge in [-0.25, -0.2) is 17.7 Å². The van der Waals surface area contributed by atoms with Gasteiger partial charge in [0, 0.05) is 35.8 Å². The van der Waals surface area contributed by atoms with E-state index in [0.717, 1.165) is 27.1 Å². The van der Waals surface area contributed by atoms with Crippen molar-refractivity contribution >= 4 is 49.0 Å². The van der Waals surface area contributed by atoms with Gasteiger partial charge in [0.15, 0.2) is 5.65 Å². The zero-order valence-electron chi connectivity index (χ0n) is 18.2. The Balaban J connectivity index is 1.34. The number of anilines is 1. The van der Waals surface area contributed by atoms with Crippen LogP contribution in [0.2, 0.25) is 5.02 Å². The van der Waals surface area contributed by atoms with Crippen molar-refractivity contribution in [3.8, 4) is 11.3 Å². The molecule has 0 atom stereocenters. The number of nitrogens with one attached hydrogen (secondary N) is 1. The van der Waals surface area contributed by atoms with Gasteiger partial charge in [-0.2, -0.15) is 9.61 Å². The van der Waals surface area contributed by atoms with Gasteiger partial charge in [0.25, 0.3) is 0 Å². The summed E-state index contributed by atoms with van der Waals surface area (Å²) in [5.74, 6) is 0.815. The quantitative estimate of drug-likeness (QED) is 0.350. The zero-order valence-corrected chi connectivity index (χ0v) is 21.4. The molecule has 1 N–H and O–H groups in total. The molecule has 0 radical (unpaired) electrons. The molecule has 0 bridgehead atoms. The third-order valence-corrected chi connectivity index (χ3v) is 8.71. The minimum Gasteiger partial charge on any atom is -0.367 e. The Morgan fingerprint density at radius 1 is 1.06 bits per heavy atom. The molecule has 0 saturated carbocycles. The van der Waals surface area contributed by atoms with E-state index in [4.69, 9.17) is 16.6 Å². The first-order chi connectivity index (χ1) is 16.4. The van der Waals surface area contributed by atoms with E-state index in [2.05, 4.69) is 26.3 Å². The molecule has 176 valence electrons. The Kier molecular flexibility index (Phi) is 6.61. The molecule has 10 heteroatoms. The van der Waals surface area contributed by atoms with E-state index >= 15 is 0 Å². The highest BCUT2D eigenvalue weighted by Gasteiger charge is 2.28. The van der Waals surface area contributed by atoms with Crippen LogP contribution in [0.15, 0.2) is 71.3 Å². The first-order valence-electron chi connectivity index (χ1n) is 11.0. The van der Waals surface area contributed by atoms with Crippen LogP contribution in [0.4, 0.5) is 5.82 Å². The van der Waals surface area contributed by atoms with Crippen molar-refractivity contribution < 1.29 is 8.42 Å². The summed E-state index contributed by atoms with van der Waals surface area (Å²) >= 11 is 9.96. The third-order valence-electron chi connectivity index (χ3n) is 5.97. The van der Waals surface area contributed by atoms with E-state index in [1.54, 1.807) is 15.0 Å². The molecule has 2 aromatic carbocycles. The van der Waals surface area contributed by atoms with E-state index in [1.165, 1.54) is 0 Å². The van der Waals surface area contributed by atoms with Crippen molar-refractivity contribution in [2.24, 2.45) is 0 Å². The van der Waals surface area contributed by atoms with Gasteiger partial charge in [0.2, 0.25) is 10.0 Å². The Hall–Kier alpha value is -2.46. The molecule has 0 unspecified atom stereocenters. The van der Waals surface area contributed by atoms with Crippen LogP contribution in [0.3, 0.4) is 0 Å². The number of halogens is 2. The molecule has 34 heavy (non-hydrogen) atoms. The van der Waals surface area contributed by atoms with Crippen molar-refractivity contribution in [2.45, 2.75) is 24.6 Å². The number of benzene rings is 2. The molecule has 5 rings (SSSR count). The summed E-state index contributed by atoms with van der Waals surface area (Å²) in [7, 11) is -3.35. The SMILES string of the molecule is O=S(=O)(Cc1ccccc1)N1CCC(Nc2cc(-c3ccccc3Cl)nc3c(Br)cnn23)CC1. The highest BCUT2D eigenvalue weighted by Crippen LogP contribution is 2.31. The molecule has 2 aromatic heterocycles. The average Bonchev–Trinajstić information content (AvgIpc) is 3.21. The van der Waals surface area contributed by atoms with Crippen molar-refractivity contribution in [2.75, 3.05) is 18.4 Å². The van der Waals surface area contributed by atoms with Crippen molar-refractivity contribution in [1.29, 1.82) is 0 Å². The molecule has 0 aliphatic carbocycles. The molecule has 1 saturated heterocycles. The van der Waals surface area contributed by atoms with E-state index in [1.807, 2.05) is 60.7 Å². The zero-order chi connectivity index (χ0) is 23.7. The van der Waals surface area contributed by atoms with Crippen LogP contribution in [-0.4, -0.2) is 46.5 Å². The number of hydrogen-bond donors (Lipinski definition) is 1. The molecule has 1 fully saturated rings. The molecule has 7 nitrogen and oxygen atoms in total. The van der Waals surface area contributed by atoms with E-state index < -0.39 is 10.0 Å². The summed E-state index contributed by atoms with van der Waals surface area (Å²) in [5, 5.41) is 8.63. The van der Waals surface area contributed by atoms with Crippen LogP contribution in [0.1, 0.15) is 18.4 Å². The smallest absolute Gasteiger partial charge is 0.218 e. The van der Waals surface area contributed by atoms with Crippen LogP contribution in [0.5, 0.6) is 0 Å². The van der Waals surface area contributed by atoms with Crippen LogP contribution in [0, 0.1) is 0 Å². The summed E-state index contributed by atoms with van der Waals surface area (Å²) in [6.45, 7) is 0.947. The molecule has 0 spiro atoms. The second kappa shape index (κ2) is 9.65. The van der Waals surface area contributed by atoms with Gasteiger partial charge >= 0.3 is 0 Å². The Labute approximate surface area is 211 Å². The summed E-state index contributed by atoms with van der Waals surface area (Å²) < 4.78 is 29.9. The summed E-state index contributed by atoms with van der Waals surface area (Å²) in [6.07, 6.45) is 3.10. The highest BCUT2D eigenvalue weighted by atomic mass is 79.9. The van der Waals surface area contributed by atoms with Gasteiger partial charge in [-0.05, 0) is 40.4 Å². The number of piperidine rings is 1. The van der Waals surface area contributed by atoms with Crippen LogP contribution < -0.4 is 5.32 Å². The van der Waals surface area contributed by atoms with E-state index in [0.29, 0.717) is 36.6 Å². The predicted octanol–water partition coefficient (Wildman–Crippen LogP) is 5.22. The summed E-state index contributed by atoms with van der Waals surface area (Å²) in [4.78, 5) is 4.75. The number of fused-ring (bicyclic) bond motifs is 1. The molecular formula is C24H23BrClN5O2S. The van der Waals surface area contributed by atoms with Crippen LogP contribution in [-0.2, 0) is 15.8 Å². The normalized spacial score (nSPS) is 15.6. The van der Waals surface area contributed by atoms with Gasteiger partial charge in [-0.3, -0.25) is 0 Å². The Morgan fingerprint density at radius 2 is 1.76 bits per heavy atom. The van der Waals surface area contributed by atoms with Gasteiger partial charge in [0.05, 0.1) is 22.1 Å². The van der Waals surface area contributed by atoms with Gasteiger partial charge in [-0.15, -0.1) is 0 Å². The summed E-state index contributed by atoms with van der Waals surface area (Å²) in [5.41, 5.74) is 3.07. The fourth-order valence-corrected chi connectivity index (χ4v) is 6.35. The second-order valence-corrected chi connectivity index (χ2v) is 11.5. The van der Waals surface area contributed by atoms with Gasteiger partial charge in [-0.1, -0.05) is 60.1 Å². The average molecular weight is 561 g/mol. The summed E-state index contributed by atoms with van der Waals surface area (Å²) in [6, 6.07) is 18.9. The maximum atomic E-state index is 12.9. The maximum Gasteiger partial charge on any atom is 0.218 e. The predicted molar refractivity (Wildman–Crippen MR) is 138 cm³/mol. The number of hydrogen-bond acceptors (Lipinski definition) is 5. The van der Waals surface area contributed by atoms with Gasteiger partial charge < -0.3 is 5.32 Å². The highest BCUT2D eigenvalue weighted by molar-refractivity contribution is 9.10. The molecule has 4 aromatic rings. The Bertz CT molecular complexity index is 1420. The third kappa shape index (κ3) is 4.84. The molecule has 1 aliphatic heterocycles. The molecule has 3 heterocycles. The lowest BCUT2D eigenvalue weighted by Crippen LogP contribution is -2.43. The lowest BCUT2D eigenvalue weighted by molar-refractivity contribution is 0.329. The lowest BCUT2D eigenvalue weighted by Gasteiger charge is -2.32. The fourth-order valence-electron chi connectivity index (χ4n) is 4.21. The molecule has 0 amide bonds. The molecule has 1 aliphatic rings. The van der Waals surface area contributed by atoms with E-state index in [-0.39, 0.29) is 11.8 Å². The number of sulfonamides is 1. The van der Waals surface area contributed by atoms with Gasteiger partial charge in [0.1, 0.15) is 5.82 Å². The fraction of sp³-hybridized carbons (Fsp3) is 0.250. The number of rotatable bonds is 6. The number of aromatic nitrogens is 3. The second-order valence-electron chi connectivity index (χ2n) is 8.29. The van der Waals surface area contributed by atoms with Crippen LogP contribution >= 0.6 is 27.5 Å².